The molecule has 0 aliphatic carbocycles. The minimum absolute atomic E-state index is 0.337. The first-order valence-electron chi connectivity index (χ1n) is 6.29. The van der Waals surface area contributed by atoms with Gasteiger partial charge in [-0.2, -0.15) is 0 Å². The summed E-state index contributed by atoms with van der Waals surface area (Å²) in [5, 5.41) is 8.36. The molecule has 1 N–H and O–H groups in total. The third-order valence-corrected chi connectivity index (χ3v) is 3.58. The molecule has 1 aromatic heterocycles. The number of aromatic nitrogens is 1. The molecule has 1 saturated heterocycles. The molecule has 0 saturated carbocycles. The Morgan fingerprint density at radius 3 is 2.78 bits per heavy atom. The fourth-order valence-corrected chi connectivity index (χ4v) is 2.43. The summed E-state index contributed by atoms with van der Waals surface area (Å²) in [4.78, 5) is 0. The molecular formula is C14H15ClN2O. The molecule has 1 unspecified atom stereocenters. The summed E-state index contributed by atoms with van der Waals surface area (Å²) in [5.41, 5.74) is 2.01. The maximum Gasteiger partial charge on any atom is 0.167 e. The minimum atomic E-state index is 0.337. The van der Waals surface area contributed by atoms with Crippen LogP contribution in [-0.2, 0) is 0 Å². The third-order valence-electron chi connectivity index (χ3n) is 3.32. The minimum Gasteiger partial charge on any atom is -0.356 e. The van der Waals surface area contributed by atoms with E-state index >= 15 is 0 Å². The van der Waals surface area contributed by atoms with E-state index in [2.05, 4.69) is 10.5 Å². The largest absolute Gasteiger partial charge is 0.356 e. The van der Waals surface area contributed by atoms with E-state index in [0.29, 0.717) is 6.04 Å². The van der Waals surface area contributed by atoms with Crippen molar-refractivity contribution in [1.29, 1.82) is 0 Å². The third kappa shape index (κ3) is 2.42. The average molecular weight is 263 g/mol. The Morgan fingerprint density at radius 2 is 2.06 bits per heavy atom. The highest BCUT2D eigenvalue weighted by molar-refractivity contribution is 6.30. The Balaban J connectivity index is 1.82. The molecule has 0 radical (unpaired) electrons. The molecule has 4 heteroatoms. The number of rotatable bonds is 2. The number of hydrogen-bond acceptors (Lipinski definition) is 3. The maximum absolute atomic E-state index is 5.87. The van der Waals surface area contributed by atoms with Crippen molar-refractivity contribution in [3.63, 3.8) is 0 Å². The van der Waals surface area contributed by atoms with Crippen molar-refractivity contribution in [3.8, 4) is 11.3 Å². The molecule has 2 aromatic rings. The number of benzene rings is 1. The first-order valence-corrected chi connectivity index (χ1v) is 6.67. The summed E-state index contributed by atoms with van der Waals surface area (Å²) in [6, 6.07) is 9.97. The molecule has 0 spiro atoms. The van der Waals surface area contributed by atoms with E-state index in [1.807, 2.05) is 30.3 Å². The zero-order chi connectivity index (χ0) is 12.4. The summed E-state index contributed by atoms with van der Waals surface area (Å²) < 4.78 is 5.41. The van der Waals surface area contributed by atoms with Crippen molar-refractivity contribution in [1.82, 2.24) is 10.5 Å². The maximum atomic E-state index is 5.87. The fourth-order valence-electron chi connectivity index (χ4n) is 2.31. The fraction of sp³-hybridized carbons (Fsp3) is 0.357. The van der Waals surface area contributed by atoms with Gasteiger partial charge in [0.1, 0.15) is 5.69 Å². The van der Waals surface area contributed by atoms with Gasteiger partial charge in [-0.15, -0.1) is 0 Å². The van der Waals surface area contributed by atoms with Crippen molar-refractivity contribution < 1.29 is 4.52 Å². The van der Waals surface area contributed by atoms with E-state index in [4.69, 9.17) is 16.1 Å². The molecule has 94 valence electrons. The highest BCUT2D eigenvalue weighted by Gasteiger charge is 2.19. The van der Waals surface area contributed by atoms with Crippen LogP contribution in [0.4, 0.5) is 0 Å². The Morgan fingerprint density at radius 1 is 1.22 bits per heavy atom. The van der Waals surface area contributed by atoms with E-state index < -0.39 is 0 Å². The number of nitrogens with zero attached hydrogens (tertiary/aromatic N) is 1. The van der Waals surface area contributed by atoms with Crippen molar-refractivity contribution in [2.45, 2.75) is 25.3 Å². The van der Waals surface area contributed by atoms with Gasteiger partial charge >= 0.3 is 0 Å². The van der Waals surface area contributed by atoms with Crippen molar-refractivity contribution >= 4 is 11.6 Å². The number of piperidine rings is 1. The van der Waals surface area contributed by atoms with Crippen LogP contribution in [0.15, 0.2) is 34.9 Å². The molecule has 2 heterocycles. The van der Waals surface area contributed by atoms with Gasteiger partial charge in [0.25, 0.3) is 0 Å². The van der Waals surface area contributed by atoms with Gasteiger partial charge in [0.05, 0.1) is 6.04 Å². The van der Waals surface area contributed by atoms with Crippen LogP contribution in [-0.4, -0.2) is 11.7 Å². The smallest absolute Gasteiger partial charge is 0.167 e. The van der Waals surface area contributed by atoms with E-state index in [9.17, 15) is 0 Å². The molecule has 18 heavy (non-hydrogen) atoms. The van der Waals surface area contributed by atoms with E-state index in [0.717, 1.165) is 35.0 Å². The normalized spacial score (nSPS) is 19.9. The van der Waals surface area contributed by atoms with Crippen LogP contribution in [0.3, 0.4) is 0 Å². The van der Waals surface area contributed by atoms with Gasteiger partial charge in [-0.3, -0.25) is 0 Å². The van der Waals surface area contributed by atoms with Crippen LogP contribution in [0.5, 0.6) is 0 Å². The van der Waals surface area contributed by atoms with Crippen molar-refractivity contribution in [3.05, 3.63) is 41.0 Å². The summed E-state index contributed by atoms with van der Waals surface area (Å²) in [6.45, 7) is 1.06. The Kier molecular flexibility index (Phi) is 3.35. The van der Waals surface area contributed by atoms with E-state index in [1.54, 1.807) is 0 Å². The lowest BCUT2D eigenvalue weighted by Gasteiger charge is -2.20. The van der Waals surface area contributed by atoms with Crippen LogP contribution < -0.4 is 5.32 Å². The van der Waals surface area contributed by atoms with Crippen molar-refractivity contribution in [2.75, 3.05) is 6.54 Å². The zero-order valence-corrected chi connectivity index (χ0v) is 10.8. The van der Waals surface area contributed by atoms with Gasteiger partial charge in [0.15, 0.2) is 5.76 Å². The van der Waals surface area contributed by atoms with Crippen molar-refractivity contribution in [2.24, 2.45) is 0 Å². The first-order chi connectivity index (χ1) is 8.83. The molecule has 3 nitrogen and oxygen atoms in total. The standard InChI is InChI=1S/C14H15ClN2O/c15-11-6-4-10(5-7-11)14-9-13(17-18-14)12-3-1-2-8-16-12/h4-7,9,12,16H,1-3,8H2. The first kappa shape index (κ1) is 11.8. The summed E-state index contributed by atoms with van der Waals surface area (Å²) in [6.07, 6.45) is 3.63. The molecule has 0 bridgehead atoms. The summed E-state index contributed by atoms with van der Waals surface area (Å²) in [5.74, 6) is 0.800. The molecule has 0 amide bonds. The number of nitrogens with one attached hydrogen (secondary N) is 1. The summed E-state index contributed by atoms with van der Waals surface area (Å²) in [7, 11) is 0. The molecule has 1 fully saturated rings. The molecule has 1 atom stereocenters. The average Bonchev–Trinajstić information content (AvgIpc) is 2.90. The van der Waals surface area contributed by atoms with Crippen LogP contribution in [0, 0.1) is 0 Å². The Hall–Kier alpha value is -1.32. The summed E-state index contributed by atoms with van der Waals surface area (Å²) >= 11 is 5.87. The predicted octanol–water partition coefficient (Wildman–Crippen LogP) is 3.81. The van der Waals surface area contributed by atoms with Gasteiger partial charge in [0, 0.05) is 16.7 Å². The highest BCUT2D eigenvalue weighted by Crippen LogP contribution is 2.27. The molecule has 1 aliphatic heterocycles. The van der Waals surface area contributed by atoms with E-state index in [-0.39, 0.29) is 0 Å². The second-order valence-electron chi connectivity index (χ2n) is 4.63. The van der Waals surface area contributed by atoms with Crippen LogP contribution in [0.2, 0.25) is 5.02 Å². The quantitative estimate of drug-likeness (QED) is 0.894. The highest BCUT2D eigenvalue weighted by atomic mass is 35.5. The molecular weight excluding hydrogens is 248 g/mol. The van der Waals surface area contributed by atoms with Gasteiger partial charge in [0.2, 0.25) is 0 Å². The van der Waals surface area contributed by atoms with Crippen LogP contribution in [0.1, 0.15) is 31.0 Å². The van der Waals surface area contributed by atoms with Gasteiger partial charge in [-0.05, 0) is 43.7 Å². The second kappa shape index (κ2) is 5.12. The lowest BCUT2D eigenvalue weighted by molar-refractivity contribution is 0.368. The van der Waals surface area contributed by atoms with Gasteiger partial charge < -0.3 is 9.84 Å². The molecule has 1 aromatic carbocycles. The van der Waals surface area contributed by atoms with Gasteiger partial charge in [-0.25, -0.2) is 0 Å². The van der Waals surface area contributed by atoms with Crippen LogP contribution >= 0.6 is 11.6 Å². The lowest BCUT2D eigenvalue weighted by Crippen LogP contribution is -2.26. The molecule has 1 aliphatic rings. The van der Waals surface area contributed by atoms with Gasteiger partial charge in [-0.1, -0.05) is 23.2 Å². The Bertz CT molecular complexity index is 515. The lowest BCUT2D eigenvalue weighted by atomic mass is 10.0. The topological polar surface area (TPSA) is 38.1 Å². The number of halogens is 1. The molecule has 3 rings (SSSR count). The second-order valence-corrected chi connectivity index (χ2v) is 5.06. The predicted molar refractivity (Wildman–Crippen MR) is 71.5 cm³/mol. The zero-order valence-electron chi connectivity index (χ0n) is 10.0. The van der Waals surface area contributed by atoms with E-state index in [1.165, 1.54) is 12.8 Å². The Labute approximate surface area is 111 Å². The number of hydrogen-bond donors (Lipinski definition) is 1. The van der Waals surface area contributed by atoms with Crippen LogP contribution in [0.25, 0.3) is 11.3 Å². The monoisotopic (exact) mass is 262 g/mol. The SMILES string of the molecule is Clc1ccc(-c2cc(C3CCCCN3)no2)cc1.